The number of methoxy groups -OCH3 is 6. The zero-order chi connectivity index (χ0) is 120. The number of fused-ring (bicyclic) bond motifs is 9. The molecule has 6 N–H and O–H groups in total. The van der Waals surface area contributed by atoms with E-state index < -0.39 is 333 Å². The smallest absolute Gasteiger partial charge is 0.323 e. The van der Waals surface area contributed by atoms with Crippen LogP contribution in [-0.4, -0.2) is 150 Å². The van der Waals surface area contributed by atoms with E-state index in [9.17, 15) is 41.8 Å². The standard InChI is InChI=1S/3C24H38N2O4/c3*1-14(2)9-17-13-26-8-7-16-10-21(28-5)22(29-6)11-18(16)19(26)12-20(17)30-24(27)23(25)15(3)4/h3*10-11,14-15,17,19-20,23H,7-9,12-13,25H2,1-6H3/t3*17?,19?,20?,23-/m000/s1/i3D3,4D3,5D3,7D2,8D2,12D2,13D2,15D,17D,19D,20D,23D;3D3,4D3,7D2,8D2,12D2,13D2,15D,17D,19D,20D,23D;3D3,4D3,5D3,7D2,8D2,12D2,13D2,15D,17D,19D,23D. The van der Waals surface area contributed by atoms with E-state index in [4.69, 9.17) is 117 Å². The molecule has 12 atom stereocenters. The molecule has 0 bridgehead atoms. The first-order valence-electron chi connectivity index (χ1n) is 58.1. The summed E-state index contributed by atoms with van der Waals surface area (Å²) in [6, 6.07) is -19.5. The molecule has 6 aliphatic heterocycles. The molecule has 0 spiro atoms. The van der Waals surface area contributed by atoms with Crippen LogP contribution in [0.15, 0.2) is 36.4 Å². The topological polar surface area (TPSA) is 222 Å². The van der Waals surface area contributed by atoms with Crippen molar-refractivity contribution >= 4 is 17.9 Å². The second kappa shape index (κ2) is 32.5. The lowest BCUT2D eigenvalue weighted by Gasteiger charge is -2.47. The summed E-state index contributed by atoms with van der Waals surface area (Å²) in [4.78, 5) is 40.7. The Morgan fingerprint density at radius 2 is 0.778 bits per heavy atom. The number of carbonyl (C=O) groups excluding carboxylic acids is 3. The molecule has 504 valence electrons. The maximum Gasteiger partial charge on any atom is 0.323 e. The fourth-order valence-corrected chi connectivity index (χ4v) is 8.78. The summed E-state index contributed by atoms with van der Waals surface area (Å²) >= 11 is 0. The normalized spacial score (nSPS) is 50.8. The molecule has 0 aliphatic carbocycles. The van der Waals surface area contributed by atoms with Gasteiger partial charge in [-0.3, -0.25) is 29.1 Å². The highest BCUT2D eigenvalue weighted by atomic mass is 16.6. The fraction of sp³-hybridized carbons (Fsp3) is 0.708. The Bertz CT molecular complexity index is 5650. The molecule has 18 heteroatoms. The Hall–Kier alpha value is -5.37. The maximum atomic E-state index is 13.8. The third-order valence-electron chi connectivity index (χ3n) is 13.0. The lowest BCUT2D eigenvalue weighted by molar-refractivity contribution is -0.161. The molecule has 0 saturated carbocycles. The van der Waals surface area contributed by atoms with Crippen molar-refractivity contribution in [2.45, 2.75) is 195 Å². The van der Waals surface area contributed by atoms with Crippen LogP contribution in [-0.2, 0) is 47.7 Å². The van der Waals surface area contributed by atoms with Crippen LogP contribution in [0, 0.1) is 53.1 Å². The minimum atomic E-state index is -4.27. The zero-order valence-electron chi connectivity index (χ0n) is 112. The number of aryl methyl sites for hydroxylation is 3. The van der Waals surface area contributed by atoms with Crippen LogP contribution in [0.4, 0.5) is 0 Å². The molecule has 3 saturated heterocycles. The number of piperidine rings is 3. The first-order valence-corrected chi connectivity index (χ1v) is 27.1. The van der Waals surface area contributed by atoms with E-state index in [1.807, 2.05) is 0 Å². The molecule has 9 unspecified atom stereocenters. The summed E-state index contributed by atoms with van der Waals surface area (Å²) in [7, 11) is -2.24. The lowest BCUT2D eigenvalue weighted by Crippen LogP contribution is -2.51. The Labute approximate surface area is 626 Å². The van der Waals surface area contributed by atoms with Crippen LogP contribution in [0.1, 0.15) is 257 Å². The summed E-state index contributed by atoms with van der Waals surface area (Å²) in [5.74, 6) is -36.7. The largest absolute Gasteiger partial charge is 0.493 e. The molecule has 6 heterocycles. The summed E-state index contributed by atoms with van der Waals surface area (Å²) in [5, 5.41) is 0. The van der Waals surface area contributed by atoms with E-state index in [1.54, 1.807) is 0 Å². The third kappa shape index (κ3) is 17.5. The summed E-state index contributed by atoms with van der Waals surface area (Å²) < 4.78 is 572. The van der Waals surface area contributed by atoms with Crippen molar-refractivity contribution in [2.24, 2.45) is 70.3 Å². The summed E-state index contributed by atoms with van der Waals surface area (Å²) in [5.41, 5.74) is 11.4. The van der Waals surface area contributed by atoms with E-state index in [2.05, 4.69) is 0 Å². The number of rotatable bonds is 21. The minimum absolute atomic E-state index is 0.186. The number of nitrogens with two attached hydrogens (primary N) is 3. The third-order valence-corrected chi connectivity index (χ3v) is 13.0. The number of carbonyl (C=O) groups is 3. The Morgan fingerprint density at radius 3 is 1.10 bits per heavy atom. The predicted molar refractivity (Wildman–Crippen MR) is 353 cm³/mol. The van der Waals surface area contributed by atoms with Gasteiger partial charge in [0.25, 0.3) is 0 Å². The van der Waals surface area contributed by atoms with Crippen molar-refractivity contribution in [2.75, 3.05) is 81.5 Å². The van der Waals surface area contributed by atoms with Crippen LogP contribution < -0.4 is 45.6 Å². The van der Waals surface area contributed by atoms with Crippen molar-refractivity contribution in [3.8, 4) is 34.5 Å². The van der Waals surface area contributed by atoms with Crippen LogP contribution in [0.3, 0.4) is 0 Å². The average molecular weight is 1320 g/mol. The molecular formula is C72H114N6O12. The van der Waals surface area contributed by atoms with E-state index >= 15 is 0 Å². The fourth-order valence-electron chi connectivity index (χ4n) is 8.78. The molecule has 3 aromatic rings. The van der Waals surface area contributed by atoms with Crippen LogP contribution in [0.25, 0.3) is 0 Å². The van der Waals surface area contributed by atoms with Gasteiger partial charge in [0, 0.05) is 160 Å². The van der Waals surface area contributed by atoms with Gasteiger partial charge in [0.1, 0.15) is 36.3 Å². The summed E-state index contributed by atoms with van der Waals surface area (Å²) in [6.45, 7) is -39.1. The van der Waals surface area contributed by atoms with Crippen LogP contribution >= 0.6 is 0 Å². The maximum absolute atomic E-state index is 13.8. The molecule has 0 radical (unpaired) electrons. The van der Waals surface area contributed by atoms with E-state index in [-0.39, 0.29) is 26.2 Å². The van der Waals surface area contributed by atoms with Crippen molar-refractivity contribution < 1.29 is 142 Å². The van der Waals surface area contributed by atoms with Crippen molar-refractivity contribution in [1.82, 2.24) is 14.7 Å². The van der Waals surface area contributed by atoms with E-state index in [0.29, 0.717) is 24.3 Å². The van der Waals surface area contributed by atoms with Gasteiger partial charge in [-0.15, -0.1) is 0 Å². The van der Waals surface area contributed by atoms with Gasteiger partial charge in [-0.05, 0) is 144 Å². The Balaban J connectivity index is 0.000000308. The monoisotopic (exact) mass is 1320 g/mol. The second-order valence-corrected chi connectivity index (χ2v) is 20.9. The first-order chi connectivity index (χ1) is 66.5. The highest BCUT2D eigenvalue weighted by Crippen LogP contribution is 2.48. The number of benzene rings is 3. The van der Waals surface area contributed by atoms with Crippen molar-refractivity contribution in [3.63, 3.8) is 0 Å². The molecular weight excluding hydrogens is 1140 g/mol. The van der Waals surface area contributed by atoms with Gasteiger partial charge in [-0.25, -0.2) is 0 Å². The van der Waals surface area contributed by atoms with Gasteiger partial charge in [-0.2, -0.15) is 0 Å². The van der Waals surface area contributed by atoms with E-state index in [1.165, 1.54) is 41.5 Å². The number of ether oxygens (including phenoxy) is 9. The highest BCUT2D eigenvalue weighted by molar-refractivity contribution is 5.77. The second-order valence-electron chi connectivity index (χ2n) is 20.9. The first kappa shape index (κ1) is 25.4. The van der Waals surface area contributed by atoms with Gasteiger partial charge in [0.2, 0.25) is 0 Å². The average Bonchev–Trinajstić information content (AvgIpc) is 0.636. The quantitative estimate of drug-likeness (QED) is 0.0666. The molecule has 6 aliphatic rings. The molecule has 18 nitrogen and oxygen atoms in total. The molecule has 90 heavy (non-hydrogen) atoms. The Morgan fingerprint density at radius 1 is 0.478 bits per heavy atom. The molecule has 3 aromatic carbocycles. The van der Waals surface area contributed by atoms with E-state index in [0.717, 1.165) is 40.6 Å². The van der Waals surface area contributed by atoms with Crippen molar-refractivity contribution in [3.05, 3.63) is 69.8 Å². The molecule has 9 rings (SSSR count). The summed E-state index contributed by atoms with van der Waals surface area (Å²) in [6.07, 6.45) is -36.6. The number of hydrogen-bond acceptors (Lipinski definition) is 18. The van der Waals surface area contributed by atoms with Gasteiger partial charge < -0.3 is 59.8 Å². The van der Waals surface area contributed by atoms with Gasteiger partial charge >= 0.3 is 17.9 Å². The predicted octanol–water partition coefficient (Wildman–Crippen LogP) is 10.7. The lowest BCUT2D eigenvalue weighted by atomic mass is 9.79. The molecule has 0 amide bonds. The zero-order valence-corrected chi connectivity index (χ0v) is 50.4. The number of nitrogens with zero attached hydrogens (tertiary/aromatic N) is 3. The molecule has 0 aromatic heterocycles. The highest BCUT2D eigenvalue weighted by Gasteiger charge is 2.45. The Kier molecular flexibility index (Phi) is 9.16. The molecule has 3 fully saturated rings. The van der Waals surface area contributed by atoms with Gasteiger partial charge in [0.15, 0.2) is 34.5 Å². The van der Waals surface area contributed by atoms with Gasteiger partial charge in [0.05, 0.1) is 61.7 Å². The van der Waals surface area contributed by atoms with Crippen molar-refractivity contribution in [1.29, 1.82) is 0 Å². The van der Waals surface area contributed by atoms with Gasteiger partial charge in [-0.1, -0.05) is 82.7 Å². The minimum Gasteiger partial charge on any atom is -0.493 e. The van der Waals surface area contributed by atoms with Crippen LogP contribution in [0.5, 0.6) is 34.5 Å². The number of esters is 3. The number of hydrogen-bond donors (Lipinski definition) is 3. The SMILES string of the molecule is [2H]C([2H])([2H])C([2H])(C([2H])([2H])[2H])[C@]([2H])(N)C(=O)OC1([2H])C([2H])([2H])C2([2H])c3cc(OC)c(OC)cc3C([2H])([2H])C([2H])([2H])N2C([2H])([2H])C1([2H])CC(C)C.[2H]C([2H])([2H])Oc1cc2c(cc1OC)C1([2H])N(C([2H])([2H])C2([2H])[2H])C([2H])([2H])C([2H])(CC(C)C)C(OC(=O)[C@@]([2H])(N)C([2H])(C([2H])([2H])[2H])C([2H])([2H])[2H])C1([2H])[2H].[2H]C([2H])([2H])Oc1cc2c(cc1OC)C1([2H])N(C([2H])([2H])C2([2H])[2H])C([2H])([2H])C([2H])(CC(C)C)C([2H])(OC(=O)[C@@]([2H])(N)C([2H])(C([2H])([2H])[2H])C([2H])([2H])[2H])C1([2H])[2H]. The van der Waals surface area contributed by atoms with Crippen LogP contribution in [0.2, 0.25) is 0 Å².